The molecule has 22 heavy (non-hydrogen) atoms. The maximum Gasteiger partial charge on any atom is 0.338 e. The van der Waals surface area contributed by atoms with Crippen LogP contribution in [0.25, 0.3) is 0 Å². The Morgan fingerprint density at radius 1 is 1.36 bits per heavy atom. The molecule has 2 rings (SSSR count). The van der Waals surface area contributed by atoms with Gasteiger partial charge in [-0.25, -0.2) is 13.2 Å². The number of amides is 1. The van der Waals surface area contributed by atoms with Crippen LogP contribution < -0.4 is 0 Å². The number of nitrogens with zero attached hydrogens (tertiary/aromatic N) is 2. The largest absolute Gasteiger partial charge is 0.452 e. The molecule has 0 unspecified atom stereocenters. The van der Waals surface area contributed by atoms with E-state index in [-0.39, 0.29) is 23.5 Å². The molecular formula is C14H18N2O5S. The van der Waals surface area contributed by atoms with E-state index in [0.29, 0.717) is 18.5 Å². The smallest absolute Gasteiger partial charge is 0.338 e. The van der Waals surface area contributed by atoms with Gasteiger partial charge in [-0.15, -0.1) is 0 Å². The van der Waals surface area contributed by atoms with Gasteiger partial charge in [0, 0.05) is 25.0 Å². The van der Waals surface area contributed by atoms with Crippen molar-refractivity contribution in [2.45, 2.75) is 19.4 Å². The average molecular weight is 326 g/mol. The number of carbonyl (C=O) groups is 2. The predicted octanol–water partition coefficient (Wildman–Crippen LogP) is 0.274. The summed E-state index contributed by atoms with van der Waals surface area (Å²) in [6, 6.07) is 2.66. The number of rotatable bonds is 5. The molecule has 0 spiro atoms. The molecule has 0 aliphatic carbocycles. The van der Waals surface area contributed by atoms with Crippen LogP contribution in [0.4, 0.5) is 0 Å². The monoisotopic (exact) mass is 326 g/mol. The van der Waals surface area contributed by atoms with Crippen molar-refractivity contribution in [3.63, 3.8) is 0 Å². The van der Waals surface area contributed by atoms with Gasteiger partial charge in [0.15, 0.2) is 16.4 Å². The van der Waals surface area contributed by atoms with E-state index in [4.69, 9.17) is 4.74 Å². The van der Waals surface area contributed by atoms with Crippen LogP contribution in [-0.2, 0) is 19.4 Å². The van der Waals surface area contributed by atoms with E-state index in [0.717, 1.165) is 0 Å². The first kappa shape index (κ1) is 16.4. The van der Waals surface area contributed by atoms with Gasteiger partial charge in [0.2, 0.25) is 0 Å². The van der Waals surface area contributed by atoms with Gasteiger partial charge in [-0.3, -0.25) is 9.78 Å². The third-order valence-corrected chi connectivity index (χ3v) is 5.30. The lowest BCUT2D eigenvalue weighted by atomic mass is 10.2. The van der Waals surface area contributed by atoms with Crippen molar-refractivity contribution in [1.82, 2.24) is 9.88 Å². The summed E-state index contributed by atoms with van der Waals surface area (Å²) >= 11 is 0. The Labute approximate surface area is 129 Å². The fraction of sp³-hybridized carbons (Fsp3) is 0.500. The number of likely N-dealkylation sites (N-methyl/N-ethyl adjacent to an activating group) is 1. The molecular weight excluding hydrogens is 308 g/mol. The number of pyridine rings is 1. The van der Waals surface area contributed by atoms with E-state index < -0.39 is 22.4 Å². The molecule has 0 N–H and O–H groups in total. The average Bonchev–Trinajstić information content (AvgIpc) is 2.86. The Kier molecular flexibility index (Phi) is 5.12. The summed E-state index contributed by atoms with van der Waals surface area (Å²) in [6.45, 7) is 1.75. The minimum Gasteiger partial charge on any atom is -0.452 e. The van der Waals surface area contributed by atoms with E-state index >= 15 is 0 Å². The van der Waals surface area contributed by atoms with Crippen molar-refractivity contribution in [3.05, 3.63) is 30.1 Å². The number of aromatic nitrogens is 1. The lowest BCUT2D eigenvalue weighted by Gasteiger charge is -2.26. The Balaban J connectivity index is 1.92. The van der Waals surface area contributed by atoms with Gasteiger partial charge < -0.3 is 9.64 Å². The van der Waals surface area contributed by atoms with Crippen molar-refractivity contribution in [1.29, 1.82) is 0 Å². The molecule has 1 aliphatic rings. The number of sulfone groups is 1. The standard InChI is InChI=1S/C14H18N2O5S/c1-2-16(12-5-8-22(19,20)10-12)13(17)9-21-14(18)11-3-6-15-7-4-11/h3-4,6-7,12H,2,5,8-10H2,1H3/t12-/m1/s1. The van der Waals surface area contributed by atoms with E-state index in [9.17, 15) is 18.0 Å². The molecule has 0 radical (unpaired) electrons. The molecule has 7 nitrogen and oxygen atoms in total. The Morgan fingerprint density at radius 2 is 2.05 bits per heavy atom. The Morgan fingerprint density at radius 3 is 2.59 bits per heavy atom. The van der Waals surface area contributed by atoms with Crippen LogP contribution in [0.3, 0.4) is 0 Å². The van der Waals surface area contributed by atoms with Crippen LogP contribution in [0, 0.1) is 0 Å². The second-order valence-electron chi connectivity index (χ2n) is 5.05. The minimum atomic E-state index is -3.07. The Hall–Kier alpha value is -1.96. The van der Waals surface area contributed by atoms with Crippen LogP contribution in [-0.4, -0.2) is 60.9 Å². The molecule has 120 valence electrons. The third-order valence-electron chi connectivity index (χ3n) is 3.55. The summed E-state index contributed by atoms with van der Waals surface area (Å²) in [6.07, 6.45) is 3.35. The molecule has 1 atom stereocenters. The number of hydrogen-bond donors (Lipinski definition) is 0. The van der Waals surface area contributed by atoms with Crippen LogP contribution in [0.1, 0.15) is 23.7 Å². The predicted molar refractivity (Wildman–Crippen MR) is 79.0 cm³/mol. The number of esters is 1. The van der Waals surface area contributed by atoms with Gasteiger partial charge in [-0.1, -0.05) is 0 Å². The quantitative estimate of drug-likeness (QED) is 0.721. The van der Waals surface area contributed by atoms with Crippen LogP contribution in [0.5, 0.6) is 0 Å². The van der Waals surface area contributed by atoms with Crippen LogP contribution in [0.15, 0.2) is 24.5 Å². The summed E-state index contributed by atoms with van der Waals surface area (Å²) in [7, 11) is -3.07. The third kappa shape index (κ3) is 4.03. The topological polar surface area (TPSA) is 93.6 Å². The fourth-order valence-corrected chi connectivity index (χ4v) is 4.17. The van der Waals surface area contributed by atoms with Crippen molar-refractivity contribution in [2.24, 2.45) is 0 Å². The van der Waals surface area contributed by atoms with Gasteiger partial charge >= 0.3 is 5.97 Å². The SMILES string of the molecule is CCN(C(=O)COC(=O)c1ccncc1)[C@@H]1CCS(=O)(=O)C1. The first-order valence-corrected chi connectivity index (χ1v) is 8.82. The summed E-state index contributed by atoms with van der Waals surface area (Å²) in [5, 5.41) is 0. The number of ether oxygens (including phenoxy) is 1. The molecule has 0 aromatic carbocycles. The maximum absolute atomic E-state index is 12.1. The molecule has 0 bridgehead atoms. The molecule has 1 saturated heterocycles. The van der Waals surface area contributed by atoms with E-state index in [1.165, 1.54) is 29.4 Å². The molecule has 1 aromatic rings. The highest BCUT2D eigenvalue weighted by Crippen LogP contribution is 2.17. The summed E-state index contributed by atoms with van der Waals surface area (Å²) in [5.41, 5.74) is 0.314. The molecule has 1 amide bonds. The molecule has 0 saturated carbocycles. The molecule has 1 aliphatic heterocycles. The summed E-state index contributed by atoms with van der Waals surface area (Å²) < 4.78 is 28.0. The van der Waals surface area contributed by atoms with Gasteiger partial charge in [-0.2, -0.15) is 0 Å². The first-order valence-electron chi connectivity index (χ1n) is 7.00. The van der Waals surface area contributed by atoms with Crippen molar-refractivity contribution in [3.8, 4) is 0 Å². The first-order chi connectivity index (χ1) is 10.4. The van der Waals surface area contributed by atoms with Crippen molar-refractivity contribution in [2.75, 3.05) is 24.7 Å². The zero-order valence-corrected chi connectivity index (χ0v) is 13.1. The highest BCUT2D eigenvalue weighted by atomic mass is 32.2. The van der Waals surface area contributed by atoms with Crippen LogP contribution in [0.2, 0.25) is 0 Å². The second kappa shape index (κ2) is 6.87. The normalized spacial score (nSPS) is 19.6. The highest BCUT2D eigenvalue weighted by molar-refractivity contribution is 7.91. The fourth-order valence-electron chi connectivity index (χ4n) is 2.44. The number of carbonyl (C=O) groups excluding carboxylic acids is 2. The molecule has 1 fully saturated rings. The summed E-state index contributed by atoms with van der Waals surface area (Å²) in [5.74, 6) is -0.916. The zero-order chi connectivity index (χ0) is 16.2. The van der Waals surface area contributed by atoms with Gasteiger partial charge in [0.25, 0.3) is 5.91 Å². The van der Waals surface area contributed by atoms with E-state index in [1.54, 1.807) is 6.92 Å². The molecule has 8 heteroatoms. The highest BCUT2D eigenvalue weighted by Gasteiger charge is 2.34. The summed E-state index contributed by atoms with van der Waals surface area (Å²) in [4.78, 5) is 29.2. The Bertz CT molecular complexity index is 644. The van der Waals surface area contributed by atoms with E-state index in [1.807, 2.05) is 0 Å². The molecule has 1 aromatic heterocycles. The number of hydrogen-bond acceptors (Lipinski definition) is 6. The minimum absolute atomic E-state index is 0.0229. The van der Waals surface area contributed by atoms with E-state index in [2.05, 4.69) is 4.98 Å². The lowest BCUT2D eigenvalue weighted by molar-refractivity contribution is -0.136. The molecule has 2 heterocycles. The lowest BCUT2D eigenvalue weighted by Crippen LogP contribution is -2.43. The zero-order valence-electron chi connectivity index (χ0n) is 12.3. The van der Waals surface area contributed by atoms with Gasteiger partial charge in [-0.05, 0) is 25.5 Å². The van der Waals surface area contributed by atoms with Crippen molar-refractivity contribution < 1.29 is 22.7 Å². The van der Waals surface area contributed by atoms with Gasteiger partial charge in [0.1, 0.15) is 0 Å². The van der Waals surface area contributed by atoms with Crippen molar-refractivity contribution >= 4 is 21.7 Å². The van der Waals surface area contributed by atoms with Crippen LogP contribution >= 0.6 is 0 Å². The second-order valence-corrected chi connectivity index (χ2v) is 7.28. The van der Waals surface area contributed by atoms with Gasteiger partial charge in [0.05, 0.1) is 17.1 Å². The maximum atomic E-state index is 12.1.